The largest absolute Gasteiger partial charge is 0.507 e. The number of phenolic OH excluding ortho intramolecular Hbond substituents is 2. The first-order valence-corrected chi connectivity index (χ1v) is 7.87. The molecule has 0 aliphatic rings. The predicted octanol–water partition coefficient (Wildman–Crippen LogP) is 5.56. The van der Waals surface area contributed by atoms with Gasteiger partial charge in [0, 0.05) is 17.0 Å². The number of hydrogen-bond donors (Lipinski definition) is 2. The molecular formula is C21H24O2. The fraction of sp³-hybridized carbons (Fsp3) is 0.238. The van der Waals surface area contributed by atoms with Crippen molar-refractivity contribution in [3.05, 3.63) is 71.8 Å². The van der Waals surface area contributed by atoms with Gasteiger partial charge in [-0.05, 0) is 47.7 Å². The van der Waals surface area contributed by atoms with Gasteiger partial charge in [-0.15, -0.1) is 0 Å². The Morgan fingerprint density at radius 3 is 1.65 bits per heavy atom. The van der Waals surface area contributed by atoms with Gasteiger partial charge in [0.2, 0.25) is 0 Å². The van der Waals surface area contributed by atoms with E-state index in [1.807, 2.05) is 24.3 Å². The Bertz CT molecular complexity index is 656. The molecule has 0 spiro atoms. The van der Waals surface area contributed by atoms with Crippen LogP contribution in [-0.2, 0) is 0 Å². The van der Waals surface area contributed by atoms with Gasteiger partial charge in [0.15, 0.2) is 0 Å². The zero-order chi connectivity index (χ0) is 17.0. The first kappa shape index (κ1) is 16.9. The molecule has 0 unspecified atom stereocenters. The highest BCUT2D eigenvalue weighted by Crippen LogP contribution is 2.35. The Morgan fingerprint density at radius 2 is 1.30 bits per heavy atom. The summed E-state index contributed by atoms with van der Waals surface area (Å²) >= 11 is 0. The molecule has 0 aliphatic carbocycles. The van der Waals surface area contributed by atoms with Crippen LogP contribution in [0.25, 0.3) is 12.2 Å². The fourth-order valence-corrected chi connectivity index (χ4v) is 2.84. The first-order valence-electron chi connectivity index (χ1n) is 7.87. The van der Waals surface area contributed by atoms with Gasteiger partial charge in [-0.25, -0.2) is 0 Å². The molecule has 0 atom stereocenters. The van der Waals surface area contributed by atoms with Crippen molar-refractivity contribution in [2.75, 3.05) is 0 Å². The molecule has 23 heavy (non-hydrogen) atoms. The molecule has 2 nitrogen and oxygen atoms in total. The van der Waals surface area contributed by atoms with Crippen molar-refractivity contribution in [1.29, 1.82) is 0 Å². The summed E-state index contributed by atoms with van der Waals surface area (Å²) in [5.74, 6) is 1.18. The summed E-state index contributed by atoms with van der Waals surface area (Å²) in [5.41, 5.74) is 3.73. The van der Waals surface area contributed by atoms with Gasteiger partial charge in [0.25, 0.3) is 0 Å². The maximum absolute atomic E-state index is 9.87. The topological polar surface area (TPSA) is 40.5 Å². The Hall–Kier alpha value is -2.48. The third kappa shape index (κ3) is 3.84. The second-order valence-corrected chi connectivity index (χ2v) is 6.23. The maximum Gasteiger partial charge on any atom is 0.122 e. The lowest BCUT2D eigenvalue weighted by molar-refractivity contribution is 0.472. The SMILES string of the molecule is C=Cc1cc(C(CC(C)C)c2ccc(O)c(C=C)c2)ccc1O. The average molecular weight is 308 g/mol. The van der Waals surface area contributed by atoms with Crippen molar-refractivity contribution in [1.82, 2.24) is 0 Å². The fourth-order valence-electron chi connectivity index (χ4n) is 2.84. The molecule has 120 valence electrons. The molecule has 0 aliphatic heterocycles. The molecule has 0 amide bonds. The summed E-state index contributed by atoms with van der Waals surface area (Å²) in [6.45, 7) is 11.9. The van der Waals surface area contributed by atoms with E-state index in [9.17, 15) is 10.2 Å². The second-order valence-electron chi connectivity index (χ2n) is 6.23. The quantitative estimate of drug-likeness (QED) is 0.733. The Kier molecular flexibility index (Phi) is 5.28. The van der Waals surface area contributed by atoms with Crippen LogP contribution in [0.15, 0.2) is 49.6 Å². The molecule has 0 bridgehead atoms. The molecule has 2 N–H and O–H groups in total. The van der Waals surface area contributed by atoms with Gasteiger partial charge in [-0.3, -0.25) is 0 Å². The van der Waals surface area contributed by atoms with Crippen LogP contribution in [0.4, 0.5) is 0 Å². The molecular weight excluding hydrogens is 284 g/mol. The van der Waals surface area contributed by atoms with E-state index >= 15 is 0 Å². The van der Waals surface area contributed by atoms with Gasteiger partial charge in [-0.1, -0.05) is 51.3 Å². The number of hydrogen-bond acceptors (Lipinski definition) is 2. The second kappa shape index (κ2) is 7.19. The van der Waals surface area contributed by atoms with Crippen LogP contribution in [-0.4, -0.2) is 10.2 Å². The van der Waals surface area contributed by atoms with E-state index in [1.54, 1.807) is 24.3 Å². The Morgan fingerprint density at radius 1 is 0.870 bits per heavy atom. The van der Waals surface area contributed by atoms with Crippen LogP contribution in [0.2, 0.25) is 0 Å². The van der Waals surface area contributed by atoms with Crippen molar-refractivity contribution >= 4 is 12.2 Å². The molecule has 0 fully saturated rings. The van der Waals surface area contributed by atoms with Gasteiger partial charge in [0.1, 0.15) is 11.5 Å². The third-order valence-corrected chi connectivity index (χ3v) is 4.05. The summed E-state index contributed by atoms with van der Waals surface area (Å²) in [6.07, 6.45) is 4.30. The first-order chi connectivity index (χ1) is 11.0. The minimum Gasteiger partial charge on any atom is -0.507 e. The van der Waals surface area contributed by atoms with Crippen LogP contribution < -0.4 is 0 Å². The van der Waals surface area contributed by atoms with Crippen molar-refractivity contribution in [3.63, 3.8) is 0 Å². The van der Waals surface area contributed by atoms with E-state index in [2.05, 4.69) is 27.0 Å². The van der Waals surface area contributed by atoms with E-state index in [0.29, 0.717) is 5.92 Å². The molecule has 2 aromatic carbocycles. The summed E-state index contributed by atoms with van der Waals surface area (Å²) < 4.78 is 0. The van der Waals surface area contributed by atoms with Gasteiger partial charge < -0.3 is 10.2 Å². The number of rotatable bonds is 6. The van der Waals surface area contributed by atoms with E-state index in [4.69, 9.17) is 0 Å². The highest BCUT2D eigenvalue weighted by molar-refractivity contribution is 5.59. The summed E-state index contributed by atoms with van der Waals surface area (Å²) in [4.78, 5) is 0. The predicted molar refractivity (Wildman–Crippen MR) is 97.7 cm³/mol. The summed E-state index contributed by atoms with van der Waals surface area (Å²) in [6, 6.07) is 11.3. The van der Waals surface area contributed by atoms with E-state index in [1.165, 1.54) is 0 Å². The smallest absolute Gasteiger partial charge is 0.122 e. The third-order valence-electron chi connectivity index (χ3n) is 4.05. The molecule has 0 heterocycles. The van der Waals surface area contributed by atoms with Gasteiger partial charge in [0.05, 0.1) is 0 Å². The Labute approximate surface area is 138 Å². The highest BCUT2D eigenvalue weighted by Gasteiger charge is 2.18. The maximum atomic E-state index is 9.87. The van der Waals surface area contributed by atoms with Crippen molar-refractivity contribution < 1.29 is 10.2 Å². The lowest BCUT2D eigenvalue weighted by Crippen LogP contribution is -2.06. The molecule has 2 heteroatoms. The number of phenols is 2. The van der Waals surface area contributed by atoms with Gasteiger partial charge in [-0.2, -0.15) is 0 Å². The number of benzene rings is 2. The molecule has 0 saturated carbocycles. The van der Waals surface area contributed by atoms with Crippen molar-refractivity contribution in [3.8, 4) is 11.5 Å². The molecule has 2 rings (SSSR count). The lowest BCUT2D eigenvalue weighted by atomic mass is 9.83. The van der Waals surface area contributed by atoms with Crippen LogP contribution in [0.5, 0.6) is 11.5 Å². The molecule has 0 radical (unpaired) electrons. The van der Waals surface area contributed by atoms with Crippen molar-refractivity contribution in [2.45, 2.75) is 26.2 Å². The van der Waals surface area contributed by atoms with Gasteiger partial charge >= 0.3 is 0 Å². The zero-order valence-electron chi connectivity index (χ0n) is 13.8. The lowest BCUT2D eigenvalue weighted by Gasteiger charge is -2.21. The minimum atomic E-state index is 0.189. The molecule has 0 aromatic heterocycles. The van der Waals surface area contributed by atoms with Crippen molar-refractivity contribution in [2.24, 2.45) is 5.92 Å². The van der Waals surface area contributed by atoms with E-state index in [-0.39, 0.29) is 17.4 Å². The standard InChI is InChI=1S/C21H24O2/c1-5-15-12-17(7-9-20(15)22)19(11-14(3)4)18-8-10-21(23)16(6-2)13-18/h5-10,12-14,19,22-23H,1-2,11H2,3-4H3. The van der Waals surface area contributed by atoms with Crippen LogP contribution in [0.1, 0.15) is 48.4 Å². The zero-order valence-corrected chi connectivity index (χ0v) is 13.8. The highest BCUT2D eigenvalue weighted by atomic mass is 16.3. The normalized spacial score (nSPS) is 11.0. The molecule has 2 aromatic rings. The summed E-state index contributed by atoms with van der Waals surface area (Å²) in [5, 5.41) is 19.7. The van der Waals surface area contributed by atoms with Crippen LogP contribution in [0.3, 0.4) is 0 Å². The summed E-state index contributed by atoms with van der Waals surface area (Å²) in [7, 11) is 0. The van der Waals surface area contributed by atoms with E-state index < -0.39 is 0 Å². The number of aromatic hydroxyl groups is 2. The average Bonchev–Trinajstić information content (AvgIpc) is 2.53. The minimum absolute atomic E-state index is 0.189. The van der Waals surface area contributed by atoms with Crippen LogP contribution in [0, 0.1) is 5.92 Å². The van der Waals surface area contributed by atoms with E-state index in [0.717, 1.165) is 28.7 Å². The Balaban J connectivity index is 2.53. The van der Waals surface area contributed by atoms with Crippen LogP contribution >= 0.6 is 0 Å². The monoisotopic (exact) mass is 308 g/mol. The molecule has 0 saturated heterocycles.